The van der Waals surface area contributed by atoms with Crippen molar-refractivity contribution in [2.45, 2.75) is 38.1 Å². The molecule has 7 heteroatoms. The summed E-state index contributed by atoms with van der Waals surface area (Å²) in [5.41, 5.74) is 6.96. The van der Waals surface area contributed by atoms with Crippen molar-refractivity contribution in [2.24, 2.45) is 15.7 Å². The highest BCUT2D eigenvalue weighted by Gasteiger charge is 2.43. The second-order valence-corrected chi connectivity index (χ2v) is 6.93. The van der Waals surface area contributed by atoms with E-state index in [1.807, 2.05) is 18.2 Å². The zero-order chi connectivity index (χ0) is 16.1. The summed E-state index contributed by atoms with van der Waals surface area (Å²) in [5, 5.41) is 4.20. The molecule has 0 aromatic heterocycles. The molecule has 23 heavy (non-hydrogen) atoms. The first-order chi connectivity index (χ1) is 11.0. The summed E-state index contributed by atoms with van der Waals surface area (Å²) in [5.74, 6) is 1.98. The minimum atomic E-state index is -0.228. The van der Waals surface area contributed by atoms with Crippen LogP contribution in [0.5, 0.6) is 5.75 Å². The summed E-state index contributed by atoms with van der Waals surface area (Å²) in [6, 6.07) is 6.23. The van der Waals surface area contributed by atoms with E-state index < -0.39 is 0 Å². The molecule has 122 valence electrons. The predicted octanol–water partition coefficient (Wildman–Crippen LogP) is 1.55. The lowest BCUT2D eigenvalue weighted by atomic mass is 10.0. The minimum absolute atomic E-state index is 0.170. The summed E-state index contributed by atoms with van der Waals surface area (Å²) < 4.78 is 6.14. The van der Waals surface area contributed by atoms with Gasteiger partial charge in [-0.2, -0.15) is 4.99 Å². The number of rotatable bonds is 0. The van der Waals surface area contributed by atoms with Gasteiger partial charge in [0.05, 0.1) is 0 Å². The predicted molar refractivity (Wildman–Crippen MR) is 91.3 cm³/mol. The van der Waals surface area contributed by atoms with Crippen LogP contribution in [0.3, 0.4) is 0 Å². The van der Waals surface area contributed by atoms with Gasteiger partial charge in [0.25, 0.3) is 0 Å². The third-order valence-electron chi connectivity index (χ3n) is 4.47. The van der Waals surface area contributed by atoms with Gasteiger partial charge < -0.3 is 20.7 Å². The molecule has 0 aliphatic carbocycles. The second-order valence-electron chi connectivity index (χ2n) is 6.50. The van der Waals surface area contributed by atoms with Crippen molar-refractivity contribution >= 4 is 23.4 Å². The largest absolute Gasteiger partial charge is 0.479 e. The van der Waals surface area contributed by atoms with E-state index in [0.29, 0.717) is 23.1 Å². The lowest BCUT2D eigenvalue weighted by Crippen LogP contribution is -2.59. The van der Waals surface area contributed by atoms with Crippen LogP contribution in [0.2, 0.25) is 5.02 Å². The van der Waals surface area contributed by atoms with Crippen LogP contribution in [0, 0.1) is 0 Å². The zero-order valence-electron chi connectivity index (χ0n) is 13.2. The Morgan fingerprint density at radius 3 is 2.78 bits per heavy atom. The van der Waals surface area contributed by atoms with E-state index in [-0.39, 0.29) is 12.1 Å². The molecule has 1 aromatic carbocycles. The number of nitrogens with two attached hydrogens (primary N) is 1. The summed E-state index contributed by atoms with van der Waals surface area (Å²) in [7, 11) is 0. The number of halogens is 1. The monoisotopic (exact) mass is 333 g/mol. The van der Waals surface area contributed by atoms with Gasteiger partial charge in [-0.15, -0.1) is 0 Å². The molecule has 3 aliphatic rings. The van der Waals surface area contributed by atoms with E-state index in [2.05, 4.69) is 34.0 Å². The number of amidine groups is 1. The number of piperazine rings is 1. The average molecular weight is 334 g/mol. The van der Waals surface area contributed by atoms with E-state index in [4.69, 9.17) is 22.1 Å². The van der Waals surface area contributed by atoms with Gasteiger partial charge in [-0.05, 0) is 32.0 Å². The minimum Gasteiger partial charge on any atom is -0.479 e. The number of nitrogens with one attached hydrogen (secondary N) is 1. The Morgan fingerprint density at radius 1 is 1.30 bits per heavy atom. The highest BCUT2D eigenvalue weighted by Crippen LogP contribution is 2.42. The zero-order valence-corrected chi connectivity index (χ0v) is 13.9. The summed E-state index contributed by atoms with van der Waals surface area (Å²) in [4.78, 5) is 11.3. The molecule has 1 fully saturated rings. The highest BCUT2D eigenvalue weighted by atomic mass is 35.5. The Bertz CT molecular complexity index is 694. The first-order valence-electron chi connectivity index (χ1n) is 7.90. The van der Waals surface area contributed by atoms with E-state index in [0.717, 1.165) is 30.2 Å². The van der Waals surface area contributed by atoms with Gasteiger partial charge in [0.15, 0.2) is 11.9 Å². The van der Waals surface area contributed by atoms with Crippen LogP contribution in [0.1, 0.15) is 25.5 Å². The van der Waals surface area contributed by atoms with Crippen molar-refractivity contribution in [1.82, 2.24) is 10.2 Å². The van der Waals surface area contributed by atoms with Gasteiger partial charge in [-0.3, -0.25) is 0 Å². The van der Waals surface area contributed by atoms with Gasteiger partial charge in [-0.25, -0.2) is 4.99 Å². The van der Waals surface area contributed by atoms with Crippen molar-refractivity contribution in [3.8, 4) is 5.75 Å². The molecule has 0 radical (unpaired) electrons. The van der Waals surface area contributed by atoms with Gasteiger partial charge in [-0.1, -0.05) is 11.6 Å². The van der Waals surface area contributed by atoms with Crippen molar-refractivity contribution in [2.75, 3.05) is 13.1 Å². The number of hydrogen-bond acceptors (Lipinski definition) is 6. The molecule has 3 aliphatic heterocycles. The number of fused-ring (bicyclic) bond motifs is 3. The molecule has 3 heterocycles. The maximum Gasteiger partial charge on any atom is 0.217 e. The molecular weight excluding hydrogens is 314 g/mol. The molecule has 4 rings (SSSR count). The molecule has 4 unspecified atom stereocenters. The third kappa shape index (κ3) is 2.56. The van der Waals surface area contributed by atoms with E-state index in [9.17, 15) is 0 Å². The Labute approximate surface area is 140 Å². The molecule has 4 atom stereocenters. The normalized spacial score (nSPS) is 32.6. The Morgan fingerprint density at radius 2 is 2.04 bits per heavy atom. The summed E-state index contributed by atoms with van der Waals surface area (Å²) in [6.07, 6.45) is -0.228. The lowest BCUT2D eigenvalue weighted by molar-refractivity contribution is 0.208. The maximum absolute atomic E-state index is 6.14. The van der Waals surface area contributed by atoms with Crippen LogP contribution in [-0.4, -0.2) is 48.0 Å². The number of guanidine groups is 1. The molecule has 1 aromatic rings. The van der Waals surface area contributed by atoms with Crippen LogP contribution in [0.4, 0.5) is 0 Å². The molecule has 3 N–H and O–H groups in total. The lowest BCUT2D eigenvalue weighted by Gasteiger charge is -2.40. The van der Waals surface area contributed by atoms with Crippen LogP contribution in [0.25, 0.3) is 0 Å². The third-order valence-corrected chi connectivity index (χ3v) is 4.70. The Kier molecular flexibility index (Phi) is 3.46. The number of nitrogens with zero attached hydrogens (tertiary/aromatic N) is 3. The van der Waals surface area contributed by atoms with Crippen LogP contribution < -0.4 is 15.8 Å². The van der Waals surface area contributed by atoms with Gasteiger partial charge >= 0.3 is 0 Å². The number of aliphatic imine (C=N–C) groups is 2. The first-order valence-corrected chi connectivity index (χ1v) is 8.28. The molecule has 6 nitrogen and oxygen atoms in total. The highest BCUT2D eigenvalue weighted by molar-refractivity contribution is 6.30. The van der Waals surface area contributed by atoms with Crippen molar-refractivity contribution in [3.05, 3.63) is 28.8 Å². The van der Waals surface area contributed by atoms with Gasteiger partial charge in [0, 0.05) is 35.8 Å². The van der Waals surface area contributed by atoms with E-state index in [1.54, 1.807) is 0 Å². The summed E-state index contributed by atoms with van der Waals surface area (Å²) in [6.45, 7) is 6.09. The number of benzene rings is 1. The number of ether oxygens (including phenoxy) is 1. The average Bonchev–Trinajstić information content (AvgIpc) is 2.83. The fourth-order valence-electron chi connectivity index (χ4n) is 3.67. The maximum atomic E-state index is 6.14. The van der Waals surface area contributed by atoms with Gasteiger partial charge in [0.2, 0.25) is 5.96 Å². The fourth-order valence-corrected chi connectivity index (χ4v) is 3.85. The Hall–Kier alpha value is -1.79. The topological polar surface area (TPSA) is 75.2 Å². The summed E-state index contributed by atoms with van der Waals surface area (Å²) >= 11 is 6.13. The smallest absolute Gasteiger partial charge is 0.217 e. The van der Waals surface area contributed by atoms with Crippen LogP contribution >= 0.6 is 11.6 Å². The van der Waals surface area contributed by atoms with Crippen molar-refractivity contribution in [3.63, 3.8) is 0 Å². The molecule has 0 bridgehead atoms. The van der Waals surface area contributed by atoms with Gasteiger partial charge in [0.1, 0.15) is 11.8 Å². The Balaban J connectivity index is 1.69. The van der Waals surface area contributed by atoms with E-state index >= 15 is 0 Å². The number of hydrogen-bond donors (Lipinski definition) is 2. The van der Waals surface area contributed by atoms with Crippen molar-refractivity contribution < 1.29 is 4.74 Å². The molecular formula is C16H20ClN5O. The van der Waals surface area contributed by atoms with Crippen LogP contribution in [0.15, 0.2) is 28.2 Å². The fraction of sp³-hybridized carbons (Fsp3) is 0.500. The van der Waals surface area contributed by atoms with Crippen molar-refractivity contribution in [1.29, 1.82) is 0 Å². The standard InChI is InChI=1S/C16H20ClN5O/c1-8-6-22(7-9(2)19-8)15-14-13(20-16(18)21-15)11-5-10(17)3-4-12(11)23-14/h3-5,8-9,13-14,19H,6-7H2,1-2H3,(H2,18,20). The quantitative estimate of drug-likeness (QED) is 0.755. The molecule has 0 spiro atoms. The SMILES string of the molecule is CC1CN(C2=NC(N)=NC3c4cc(Cl)ccc4OC23)CC(C)N1. The molecule has 1 saturated heterocycles. The second kappa shape index (κ2) is 5.39. The molecule has 0 amide bonds. The van der Waals surface area contributed by atoms with Crippen LogP contribution in [-0.2, 0) is 0 Å². The first kappa shape index (κ1) is 14.8. The molecule has 0 saturated carbocycles. The van der Waals surface area contributed by atoms with E-state index in [1.165, 1.54) is 0 Å².